The number of carbonyl (C=O) groups is 1. The molecule has 168 valence electrons. The Labute approximate surface area is 193 Å². The number of pyridine rings is 1. The molecule has 2 N–H and O–H groups in total. The Morgan fingerprint density at radius 3 is 2.47 bits per heavy atom. The summed E-state index contributed by atoms with van der Waals surface area (Å²) in [5.74, 6) is 1.44. The van der Waals surface area contributed by atoms with Crippen LogP contribution in [0, 0.1) is 0 Å². The molecular weight excluding hydrogens is 424 g/mol. The average molecular weight is 453 g/mol. The lowest BCUT2D eigenvalue weighted by Gasteiger charge is -2.30. The lowest BCUT2D eigenvalue weighted by Crippen LogP contribution is -2.42. The Balaban J connectivity index is 1.27. The minimum atomic E-state index is -0.0943. The topological polar surface area (TPSA) is 66.5 Å². The van der Waals surface area contributed by atoms with E-state index in [0.717, 1.165) is 48.1 Å². The van der Waals surface area contributed by atoms with Crippen molar-refractivity contribution in [3.63, 3.8) is 0 Å². The van der Waals surface area contributed by atoms with Crippen LogP contribution >= 0.6 is 11.6 Å². The number of anilines is 2. The number of nitrogens with one attached hydrogen (secondary N) is 2. The normalized spacial score (nSPS) is 18.2. The molecular formula is C25H29ClN4O2. The van der Waals surface area contributed by atoms with Crippen LogP contribution in [0.25, 0.3) is 10.9 Å². The standard InChI is InChI=1S/C25H29ClN4O2/c1-30(2)23-15-24(29-22-6-4-3-5-21(22)23)27-18-9-11-19(12-10-18)28-25(31)16-32-20-13-7-17(26)8-14-20/h3-8,13-15,18-19H,9-12,16H2,1-2H3,(H,27,29)(H,28,31). The summed E-state index contributed by atoms with van der Waals surface area (Å²) in [7, 11) is 4.10. The number of hydrogen-bond donors (Lipinski definition) is 2. The van der Waals surface area contributed by atoms with Gasteiger partial charge < -0.3 is 20.3 Å². The van der Waals surface area contributed by atoms with E-state index in [9.17, 15) is 4.79 Å². The third kappa shape index (κ3) is 5.62. The summed E-state index contributed by atoms with van der Waals surface area (Å²) in [6.07, 6.45) is 3.82. The molecule has 7 heteroatoms. The zero-order chi connectivity index (χ0) is 22.5. The van der Waals surface area contributed by atoms with Crippen molar-refractivity contribution in [2.24, 2.45) is 0 Å². The fraction of sp³-hybridized carbons (Fsp3) is 0.360. The Bertz CT molecular complexity index is 1060. The average Bonchev–Trinajstić information content (AvgIpc) is 2.79. The van der Waals surface area contributed by atoms with E-state index in [1.54, 1.807) is 24.3 Å². The highest BCUT2D eigenvalue weighted by atomic mass is 35.5. The number of carbonyl (C=O) groups excluding carboxylic acids is 1. The molecule has 1 aromatic heterocycles. The maximum atomic E-state index is 12.3. The molecule has 0 atom stereocenters. The molecule has 32 heavy (non-hydrogen) atoms. The van der Waals surface area contributed by atoms with Crippen molar-refractivity contribution in [1.29, 1.82) is 0 Å². The second kappa shape index (κ2) is 10.1. The molecule has 0 aliphatic heterocycles. The van der Waals surface area contributed by atoms with Gasteiger partial charge in [-0.1, -0.05) is 29.8 Å². The van der Waals surface area contributed by atoms with Gasteiger partial charge in [-0.05, 0) is 56.0 Å². The second-order valence-electron chi connectivity index (χ2n) is 8.44. The van der Waals surface area contributed by atoms with Gasteiger partial charge in [-0.25, -0.2) is 4.98 Å². The molecule has 0 radical (unpaired) electrons. The van der Waals surface area contributed by atoms with Crippen LogP contribution in [0.1, 0.15) is 25.7 Å². The first-order valence-electron chi connectivity index (χ1n) is 11.0. The maximum absolute atomic E-state index is 12.3. The summed E-state index contributed by atoms with van der Waals surface area (Å²) in [5, 5.41) is 8.49. The van der Waals surface area contributed by atoms with Crippen LogP contribution in [0.4, 0.5) is 11.5 Å². The molecule has 1 heterocycles. The first-order valence-corrected chi connectivity index (χ1v) is 11.4. The van der Waals surface area contributed by atoms with Crippen molar-refractivity contribution in [1.82, 2.24) is 10.3 Å². The molecule has 3 aromatic rings. The van der Waals surface area contributed by atoms with Crippen molar-refractivity contribution in [3.8, 4) is 5.75 Å². The van der Waals surface area contributed by atoms with Crippen LogP contribution in [-0.2, 0) is 4.79 Å². The van der Waals surface area contributed by atoms with Gasteiger partial charge >= 0.3 is 0 Å². The first kappa shape index (κ1) is 22.2. The molecule has 0 bridgehead atoms. The van der Waals surface area contributed by atoms with Gasteiger partial charge in [0.05, 0.1) is 5.52 Å². The highest BCUT2D eigenvalue weighted by Crippen LogP contribution is 2.29. The van der Waals surface area contributed by atoms with Crippen molar-refractivity contribution in [2.75, 3.05) is 30.9 Å². The van der Waals surface area contributed by atoms with Crippen LogP contribution < -0.4 is 20.3 Å². The van der Waals surface area contributed by atoms with E-state index in [-0.39, 0.29) is 18.6 Å². The smallest absolute Gasteiger partial charge is 0.258 e. The number of aromatic nitrogens is 1. The molecule has 1 aliphatic rings. The van der Waals surface area contributed by atoms with E-state index in [0.29, 0.717) is 16.8 Å². The monoisotopic (exact) mass is 452 g/mol. The number of ether oxygens (including phenoxy) is 1. The number of hydrogen-bond acceptors (Lipinski definition) is 5. The molecule has 1 aliphatic carbocycles. The number of halogens is 1. The number of amides is 1. The lowest BCUT2D eigenvalue weighted by molar-refractivity contribution is -0.124. The third-order valence-corrected chi connectivity index (χ3v) is 6.06. The summed E-state index contributed by atoms with van der Waals surface area (Å²) in [4.78, 5) is 19.2. The maximum Gasteiger partial charge on any atom is 0.258 e. The van der Waals surface area contributed by atoms with Crippen molar-refractivity contribution < 1.29 is 9.53 Å². The summed E-state index contributed by atoms with van der Waals surface area (Å²) in [6, 6.07) is 17.9. The second-order valence-corrected chi connectivity index (χ2v) is 8.88. The van der Waals surface area contributed by atoms with E-state index < -0.39 is 0 Å². The Kier molecular flexibility index (Phi) is 7.00. The van der Waals surface area contributed by atoms with Gasteiger partial charge in [-0.15, -0.1) is 0 Å². The van der Waals surface area contributed by atoms with E-state index in [1.807, 2.05) is 18.2 Å². The third-order valence-electron chi connectivity index (χ3n) is 5.80. The van der Waals surface area contributed by atoms with Crippen LogP contribution in [0.15, 0.2) is 54.6 Å². The fourth-order valence-corrected chi connectivity index (χ4v) is 4.27. The van der Waals surface area contributed by atoms with Gasteiger partial charge in [-0.2, -0.15) is 0 Å². The fourth-order valence-electron chi connectivity index (χ4n) is 4.14. The Morgan fingerprint density at radius 2 is 1.75 bits per heavy atom. The molecule has 0 unspecified atom stereocenters. The van der Waals surface area contributed by atoms with Crippen molar-refractivity contribution >= 4 is 39.9 Å². The molecule has 0 spiro atoms. The van der Waals surface area contributed by atoms with E-state index >= 15 is 0 Å². The van der Waals surface area contributed by atoms with E-state index in [4.69, 9.17) is 21.3 Å². The number of benzene rings is 2. The highest BCUT2D eigenvalue weighted by molar-refractivity contribution is 6.30. The largest absolute Gasteiger partial charge is 0.484 e. The first-order chi connectivity index (χ1) is 15.5. The number of fused-ring (bicyclic) bond motifs is 1. The molecule has 1 fully saturated rings. The summed E-state index contributed by atoms with van der Waals surface area (Å²) in [5.41, 5.74) is 2.14. The zero-order valence-electron chi connectivity index (χ0n) is 18.5. The quantitative estimate of drug-likeness (QED) is 0.535. The van der Waals surface area contributed by atoms with Gasteiger partial charge in [0.2, 0.25) is 0 Å². The van der Waals surface area contributed by atoms with E-state index in [1.165, 1.54) is 0 Å². The SMILES string of the molecule is CN(C)c1cc(NC2CCC(NC(=O)COc3ccc(Cl)cc3)CC2)nc2ccccc12. The van der Waals surface area contributed by atoms with Crippen molar-refractivity contribution in [3.05, 3.63) is 59.6 Å². The Hall–Kier alpha value is -2.99. The highest BCUT2D eigenvalue weighted by Gasteiger charge is 2.23. The molecule has 4 rings (SSSR count). The Morgan fingerprint density at radius 1 is 1.06 bits per heavy atom. The molecule has 1 saturated carbocycles. The van der Waals surface area contributed by atoms with Crippen LogP contribution in [0.2, 0.25) is 5.02 Å². The summed E-state index contributed by atoms with van der Waals surface area (Å²) in [6.45, 7) is 0.00807. The lowest BCUT2D eigenvalue weighted by atomic mass is 9.91. The van der Waals surface area contributed by atoms with Crippen LogP contribution in [-0.4, -0.2) is 43.7 Å². The van der Waals surface area contributed by atoms with E-state index in [2.05, 4.69) is 41.8 Å². The number of rotatable bonds is 7. The molecule has 0 saturated heterocycles. The van der Waals surface area contributed by atoms with Gasteiger partial charge in [0.15, 0.2) is 6.61 Å². The molecule has 2 aromatic carbocycles. The van der Waals surface area contributed by atoms with Crippen molar-refractivity contribution in [2.45, 2.75) is 37.8 Å². The summed E-state index contributed by atoms with van der Waals surface area (Å²) < 4.78 is 5.53. The minimum Gasteiger partial charge on any atom is -0.484 e. The van der Waals surface area contributed by atoms with Gasteiger partial charge in [-0.3, -0.25) is 4.79 Å². The van der Waals surface area contributed by atoms with Gasteiger partial charge in [0, 0.05) is 48.3 Å². The summed E-state index contributed by atoms with van der Waals surface area (Å²) >= 11 is 5.87. The predicted octanol–water partition coefficient (Wildman–Crippen LogP) is 4.87. The molecule has 1 amide bonds. The van der Waals surface area contributed by atoms with Crippen LogP contribution in [0.3, 0.4) is 0 Å². The molecule has 6 nitrogen and oxygen atoms in total. The van der Waals surface area contributed by atoms with Crippen LogP contribution in [0.5, 0.6) is 5.75 Å². The zero-order valence-corrected chi connectivity index (χ0v) is 19.2. The minimum absolute atomic E-state index is 0.00807. The van der Waals surface area contributed by atoms with Gasteiger partial charge in [0.1, 0.15) is 11.6 Å². The number of para-hydroxylation sites is 1. The number of nitrogens with zero attached hydrogens (tertiary/aromatic N) is 2. The predicted molar refractivity (Wildman–Crippen MR) is 131 cm³/mol. The van der Waals surface area contributed by atoms with Gasteiger partial charge in [0.25, 0.3) is 5.91 Å².